The highest BCUT2D eigenvalue weighted by Gasteiger charge is 2.33. The van der Waals surface area contributed by atoms with Gasteiger partial charge in [-0.2, -0.15) is 0 Å². The van der Waals surface area contributed by atoms with Crippen molar-refractivity contribution in [3.8, 4) is 34.5 Å². The Bertz CT molecular complexity index is 1310. The number of hydrogen-bond acceptors (Lipinski definition) is 12. The van der Waals surface area contributed by atoms with Gasteiger partial charge < -0.3 is 72.5 Å². The fourth-order valence-electron chi connectivity index (χ4n) is 5.27. The minimum absolute atomic E-state index is 0. The van der Waals surface area contributed by atoms with Crippen LogP contribution < -0.4 is 63.0 Å². The first-order chi connectivity index (χ1) is 21.7. The summed E-state index contributed by atoms with van der Waals surface area (Å²) in [4.78, 5) is 39.3. The van der Waals surface area contributed by atoms with Crippen LogP contribution in [0.5, 0.6) is 34.5 Å². The van der Waals surface area contributed by atoms with Gasteiger partial charge in [-0.15, -0.1) is 0 Å². The molecule has 2 aromatic rings. The van der Waals surface area contributed by atoms with Crippen LogP contribution in [0.2, 0.25) is 0 Å². The third kappa shape index (κ3) is 10.5. The molecule has 0 amide bonds. The molecular formula is C30H43Cl2N3O12. The number of halogens is 2. The number of nitro benzene ring substituents is 1. The number of nitrogens with zero attached hydrogens (tertiary/aromatic N) is 1. The van der Waals surface area contributed by atoms with Crippen LogP contribution in [0.15, 0.2) is 18.2 Å². The Hall–Kier alpha value is -3.92. The SMILES string of the molecule is COc1cc(C(=O)OCCC[NH+]2CC[NH+](CCCOC(=O)c3cc(OC)c(OC)c(OC)c3[N+](=O)[O-])CC2)cc(OC)c1OC.[Cl-].[Cl-]. The van der Waals surface area contributed by atoms with Gasteiger partial charge in [-0.3, -0.25) is 10.1 Å². The van der Waals surface area contributed by atoms with Crippen molar-refractivity contribution < 1.29 is 87.0 Å². The Balaban J connectivity index is 0.00000552. The third-order valence-electron chi connectivity index (χ3n) is 7.59. The van der Waals surface area contributed by atoms with Crippen LogP contribution >= 0.6 is 0 Å². The Morgan fingerprint density at radius 2 is 1.09 bits per heavy atom. The minimum Gasteiger partial charge on any atom is -1.00 e. The van der Waals surface area contributed by atoms with E-state index in [2.05, 4.69) is 0 Å². The van der Waals surface area contributed by atoms with Crippen LogP contribution in [0.1, 0.15) is 33.6 Å². The van der Waals surface area contributed by atoms with Gasteiger partial charge in [0.2, 0.25) is 17.2 Å². The number of esters is 2. The lowest BCUT2D eigenvalue weighted by Crippen LogP contribution is -3.28. The summed E-state index contributed by atoms with van der Waals surface area (Å²) in [5.41, 5.74) is -0.490. The summed E-state index contributed by atoms with van der Waals surface area (Å²) in [6.07, 6.45) is 1.33. The predicted octanol–water partition coefficient (Wildman–Crippen LogP) is -5.77. The van der Waals surface area contributed by atoms with Crippen molar-refractivity contribution in [2.24, 2.45) is 0 Å². The maximum Gasteiger partial charge on any atom is 0.345 e. The van der Waals surface area contributed by atoms with Gasteiger partial charge in [-0.25, -0.2) is 9.59 Å². The van der Waals surface area contributed by atoms with E-state index in [1.807, 2.05) is 0 Å². The van der Waals surface area contributed by atoms with Gasteiger partial charge in [0.25, 0.3) is 0 Å². The van der Waals surface area contributed by atoms with Crippen molar-refractivity contribution in [1.29, 1.82) is 0 Å². The van der Waals surface area contributed by atoms with Crippen molar-refractivity contribution in [2.75, 3.05) is 95.1 Å². The number of nitro groups is 1. The second kappa shape index (κ2) is 20.3. The standard InChI is InChI=1S/C30H41N3O12.2ClH/c1-38-22-17-20(18-23(39-2)26(22)41-4)29(34)44-15-7-9-31-11-13-32(14-12-31)10-8-16-45-30(35)21-19-24(40-3)27(42-5)28(43-6)25(21)33(36)37;;/h17-19H,7-16H2,1-6H3;2*1H. The number of ether oxygens (including phenoxy) is 8. The summed E-state index contributed by atoms with van der Waals surface area (Å²) in [7, 11) is 8.40. The molecule has 264 valence electrons. The first-order valence-electron chi connectivity index (χ1n) is 14.5. The highest BCUT2D eigenvalue weighted by Crippen LogP contribution is 2.46. The van der Waals surface area contributed by atoms with Crippen LogP contribution in [0.3, 0.4) is 0 Å². The topological polar surface area (TPSA) is 160 Å². The number of nitrogens with one attached hydrogen (secondary N) is 2. The summed E-state index contributed by atoms with van der Waals surface area (Å²) in [5, 5.41) is 11.8. The number of benzene rings is 2. The molecule has 15 nitrogen and oxygen atoms in total. The molecular weight excluding hydrogens is 665 g/mol. The molecule has 0 radical (unpaired) electrons. The molecule has 0 spiro atoms. The van der Waals surface area contributed by atoms with Crippen LogP contribution in [-0.4, -0.2) is 112 Å². The molecule has 2 N–H and O–H groups in total. The van der Waals surface area contributed by atoms with Crippen molar-refractivity contribution in [3.63, 3.8) is 0 Å². The molecule has 0 aromatic heterocycles. The molecule has 1 heterocycles. The first kappa shape index (κ1) is 41.1. The van der Waals surface area contributed by atoms with E-state index in [1.54, 1.807) is 12.1 Å². The van der Waals surface area contributed by atoms with E-state index in [4.69, 9.17) is 37.9 Å². The van der Waals surface area contributed by atoms with Crippen LogP contribution in [0.25, 0.3) is 0 Å². The smallest absolute Gasteiger partial charge is 0.345 e. The molecule has 1 aliphatic heterocycles. The zero-order valence-electron chi connectivity index (χ0n) is 27.4. The average molecular weight is 709 g/mol. The molecule has 0 aliphatic carbocycles. The van der Waals surface area contributed by atoms with E-state index >= 15 is 0 Å². The van der Waals surface area contributed by atoms with E-state index in [0.29, 0.717) is 35.8 Å². The van der Waals surface area contributed by atoms with Gasteiger partial charge in [0, 0.05) is 18.9 Å². The summed E-state index contributed by atoms with van der Waals surface area (Å²) >= 11 is 0. The van der Waals surface area contributed by atoms with Crippen LogP contribution in [0.4, 0.5) is 5.69 Å². The summed E-state index contributed by atoms with van der Waals surface area (Å²) < 4.78 is 42.3. The highest BCUT2D eigenvalue weighted by atomic mass is 35.5. The minimum atomic E-state index is -0.837. The van der Waals surface area contributed by atoms with Gasteiger partial charge in [0.1, 0.15) is 31.7 Å². The van der Waals surface area contributed by atoms with Crippen LogP contribution in [-0.2, 0) is 9.47 Å². The Labute approximate surface area is 286 Å². The van der Waals surface area contributed by atoms with Crippen molar-refractivity contribution in [1.82, 2.24) is 0 Å². The maximum atomic E-state index is 12.8. The summed E-state index contributed by atoms with van der Waals surface area (Å²) in [6.45, 7) is 5.92. The number of rotatable bonds is 17. The van der Waals surface area contributed by atoms with Gasteiger partial charge in [-0.05, 0) is 12.1 Å². The summed E-state index contributed by atoms with van der Waals surface area (Å²) in [6, 6.07) is 4.35. The number of carbonyl (C=O) groups is 2. The quantitative estimate of drug-likeness (QED) is 0.0696. The molecule has 0 atom stereocenters. The fourth-order valence-corrected chi connectivity index (χ4v) is 5.27. The molecule has 0 bridgehead atoms. The van der Waals surface area contributed by atoms with Crippen molar-refractivity contribution >= 4 is 17.6 Å². The fraction of sp³-hybridized carbons (Fsp3) is 0.533. The molecule has 1 fully saturated rings. The molecule has 0 unspecified atom stereocenters. The Morgan fingerprint density at radius 3 is 1.49 bits per heavy atom. The molecule has 1 aliphatic rings. The lowest BCUT2D eigenvalue weighted by molar-refractivity contribution is -1.01. The highest BCUT2D eigenvalue weighted by molar-refractivity contribution is 5.97. The summed E-state index contributed by atoms with van der Waals surface area (Å²) in [5.74, 6) is -0.197. The van der Waals surface area contributed by atoms with Gasteiger partial charge in [-0.1, -0.05) is 0 Å². The largest absolute Gasteiger partial charge is 1.00 e. The lowest BCUT2D eigenvalue weighted by atomic mass is 10.1. The van der Waals surface area contributed by atoms with Crippen molar-refractivity contribution in [2.45, 2.75) is 12.8 Å². The zero-order chi connectivity index (χ0) is 32.9. The average Bonchev–Trinajstić information content (AvgIpc) is 3.06. The second-order valence-electron chi connectivity index (χ2n) is 10.2. The monoisotopic (exact) mass is 707 g/mol. The molecule has 3 rings (SSSR count). The first-order valence-corrected chi connectivity index (χ1v) is 14.5. The molecule has 47 heavy (non-hydrogen) atoms. The van der Waals surface area contributed by atoms with E-state index in [9.17, 15) is 19.7 Å². The van der Waals surface area contributed by atoms with Crippen molar-refractivity contribution in [3.05, 3.63) is 39.4 Å². The maximum absolute atomic E-state index is 12.8. The van der Waals surface area contributed by atoms with Gasteiger partial charge in [0.15, 0.2) is 17.2 Å². The van der Waals surface area contributed by atoms with E-state index in [1.165, 1.54) is 58.5 Å². The number of methoxy groups -OCH3 is 6. The normalized spacial score (nSPS) is 15.2. The van der Waals surface area contributed by atoms with Gasteiger partial charge >= 0.3 is 17.6 Å². The van der Waals surface area contributed by atoms with E-state index < -0.39 is 22.5 Å². The van der Waals surface area contributed by atoms with Gasteiger partial charge in [0.05, 0.1) is 79.4 Å². The zero-order valence-corrected chi connectivity index (χ0v) is 28.9. The molecule has 2 aromatic carbocycles. The number of quaternary nitrogens is 2. The number of hydrogen-bond donors (Lipinski definition) is 2. The van der Waals surface area contributed by atoms with Crippen LogP contribution in [0, 0.1) is 10.1 Å². The molecule has 17 heteroatoms. The number of piperazine rings is 1. The Kier molecular flexibility index (Phi) is 17.8. The second-order valence-corrected chi connectivity index (χ2v) is 10.2. The lowest BCUT2D eigenvalue weighted by Gasteiger charge is -2.29. The predicted molar refractivity (Wildman–Crippen MR) is 160 cm³/mol. The third-order valence-corrected chi connectivity index (χ3v) is 7.59. The molecule has 1 saturated heterocycles. The number of carbonyl (C=O) groups excluding carboxylic acids is 2. The van der Waals surface area contributed by atoms with E-state index in [0.717, 1.165) is 45.7 Å². The Morgan fingerprint density at radius 1 is 0.660 bits per heavy atom. The molecule has 0 saturated carbocycles. The van der Waals surface area contributed by atoms with E-state index in [-0.39, 0.29) is 54.2 Å².